The van der Waals surface area contributed by atoms with Gasteiger partial charge in [-0.25, -0.2) is 0 Å². The second-order valence-corrected chi connectivity index (χ2v) is 5.09. The Morgan fingerprint density at radius 1 is 1.00 bits per heavy atom. The Bertz CT molecular complexity index is 369. The standard InChI is InChI=1S/C15H20O2/c1-2-7-13(8-3-1)16-15-11-10-12-6-4-5-9-14(12)17-15/h4-6,9,13,15H,1-3,7-8,10-11H2. The maximum Gasteiger partial charge on any atom is 0.200 e. The molecule has 2 heteroatoms. The van der Waals surface area contributed by atoms with E-state index in [1.807, 2.05) is 12.1 Å². The van der Waals surface area contributed by atoms with E-state index in [1.54, 1.807) is 0 Å². The number of para-hydroxylation sites is 1. The molecule has 1 aliphatic carbocycles. The van der Waals surface area contributed by atoms with Gasteiger partial charge in [0.25, 0.3) is 0 Å². The third-order valence-electron chi connectivity index (χ3n) is 3.78. The summed E-state index contributed by atoms with van der Waals surface area (Å²) in [5, 5.41) is 0. The molecule has 0 N–H and O–H groups in total. The lowest BCUT2D eigenvalue weighted by Gasteiger charge is -2.31. The highest BCUT2D eigenvalue weighted by Crippen LogP contribution is 2.30. The van der Waals surface area contributed by atoms with E-state index < -0.39 is 0 Å². The van der Waals surface area contributed by atoms with Crippen LogP contribution in [0.4, 0.5) is 0 Å². The first-order valence-corrected chi connectivity index (χ1v) is 6.82. The smallest absolute Gasteiger partial charge is 0.200 e. The van der Waals surface area contributed by atoms with Crippen LogP contribution in [0.1, 0.15) is 44.1 Å². The third kappa shape index (κ3) is 2.63. The van der Waals surface area contributed by atoms with Gasteiger partial charge < -0.3 is 9.47 Å². The monoisotopic (exact) mass is 232 g/mol. The first-order chi connectivity index (χ1) is 8.42. The maximum absolute atomic E-state index is 6.07. The second kappa shape index (κ2) is 5.09. The summed E-state index contributed by atoms with van der Waals surface area (Å²) in [6.07, 6.45) is 8.90. The summed E-state index contributed by atoms with van der Waals surface area (Å²) in [5.74, 6) is 1.01. The molecule has 17 heavy (non-hydrogen) atoms. The van der Waals surface area contributed by atoms with Crippen molar-refractivity contribution < 1.29 is 9.47 Å². The molecule has 0 spiro atoms. The van der Waals surface area contributed by atoms with Crippen molar-refractivity contribution in [3.05, 3.63) is 29.8 Å². The Morgan fingerprint density at radius 3 is 2.71 bits per heavy atom. The molecule has 0 bridgehead atoms. The van der Waals surface area contributed by atoms with Crippen molar-refractivity contribution in [2.75, 3.05) is 0 Å². The van der Waals surface area contributed by atoms with Crippen molar-refractivity contribution in [1.82, 2.24) is 0 Å². The number of ether oxygens (including phenoxy) is 2. The van der Waals surface area contributed by atoms with Crippen LogP contribution in [0.2, 0.25) is 0 Å². The Hall–Kier alpha value is -1.02. The predicted molar refractivity (Wildman–Crippen MR) is 67.1 cm³/mol. The Morgan fingerprint density at radius 2 is 1.82 bits per heavy atom. The number of hydrogen-bond donors (Lipinski definition) is 0. The molecule has 3 rings (SSSR count). The van der Waals surface area contributed by atoms with E-state index in [2.05, 4.69) is 12.1 Å². The summed E-state index contributed by atoms with van der Waals surface area (Å²) in [5.41, 5.74) is 1.32. The minimum Gasteiger partial charge on any atom is -0.465 e. The van der Waals surface area contributed by atoms with Gasteiger partial charge in [-0.1, -0.05) is 37.5 Å². The number of rotatable bonds is 2. The van der Waals surface area contributed by atoms with Crippen molar-refractivity contribution in [1.29, 1.82) is 0 Å². The molecular weight excluding hydrogens is 212 g/mol. The van der Waals surface area contributed by atoms with Gasteiger partial charge in [0.2, 0.25) is 0 Å². The van der Waals surface area contributed by atoms with Crippen molar-refractivity contribution in [2.45, 2.75) is 57.3 Å². The van der Waals surface area contributed by atoms with E-state index >= 15 is 0 Å². The van der Waals surface area contributed by atoms with Gasteiger partial charge >= 0.3 is 0 Å². The highest BCUT2D eigenvalue weighted by Gasteiger charge is 2.24. The van der Waals surface area contributed by atoms with Gasteiger partial charge in [0, 0.05) is 6.42 Å². The lowest BCUT2D eigenvalue weighted by atomic mass is 9.97. The van der Waals surface area contributed by atoms with Crippen LogP contribution in [-0.2, 0) is 11.2 Å². The molecule has 0 amide bonds. The molecule has 0 saturated heterocycles. The number of hydrogen-bond acceptors (Lipinski definition) is 2. The van der Waals surface area contributed by atoms with E-state index in [0.717, 1.165) is 18.6 Å². The molecule has 1 aliphatic heterocycles. The highest BCUT2D eigenvalue weighted by molar-refractivity contribution is 5.34. The molecule has 2 nitrogen and oxygen atoms in total. The Kier molecular flexibility index (Phi) is 3.32. The quantitative estimate of drug-likeness (QED) is 0.774. The van der Waals surface area contributed by atoms with Gasteiger partial charge in [0.05, 0.1) is 6.10 Å². The first-order valence-electron chi connectivity index (χ1n) is 6.82. The third-order valence-corrected chi connectivity index (χ3v) is 3.78. The lowest BCUT2D eigenvalue weighted by molar-refractivity contribution is -0.136. The highest BCUT2D eigenvalue weighted by atomic mass is 16.7. The molecule has 1 aromatic carbocycles. The van der Waals surface area contributed by atoms with E-state index in [9.17, 15) is 0 Å². The second-order valence-electron chi connectivity index (χ2n) is 5.09. The maximum atomic E-state index is 6.07. The van der Waals surface area contributed by atoms with Gasteiger partial charge in [-0.3, -0.25) is 0 Å². The fourth-order valence-electron chi connectivity index (χ4n) is 2.81. The normalized spacial score (nSPS) is 25.1. The molecule has 1 atom stereocenters. The fourth-order valence-corrected chi connectivity index (χ4v) is 2.81. The van der Waals surface area contributed by atoms with Gasteiger partial charge in [-0.05, 0) is 30.9 Å². The number of benzene rings is 1. The molecule has 1 unspecified atom stereocenters. The zero-order valence-electron chi connectivity index (χ0n) is 10.2. The van der Waals surface area contributed by atoms with Crippen molar-refractivity contribution in [2.24, 2.45) is 0 Å². The molecule has 1 heterocycles. The van der Waals surface area contributed by atoms with Crippen LogP contribution in [0.3, 0.4) is 0 Å². The van der Waals surface area contributed by atoms with Crippen LogP contribution >= 0.6 is 0 Å². The summed E-state index contributed by atoms with van der Waals surface area (Å²) in [7, 11) is 0. The van der Waals surface area contributed by atoms with Crippen LogP contribution < -0.4 is 4.74 Å². The summed E-state index contributed by atoms with van der Waals surface area (Å²) in [4.78, 5) is 0. The first kappa shape index (κ1) is 11.1. The fraction of sp³-hybridized carbons (Fsp3) is 0.600. The zero-order chi connectivity index (χ0) is 11.5. The van der Waals surface area contributed by atoms with Crippen LogP contribution in [-0.4, -0.2) is 12.4 Å². The molecule has 0 radical (unpaired) electrons. The topological polar surface area (TPSA) is 18.5 Å². The van der Waals surface area contributed by atoms with E-state index in [0.29, 0.717) is 6.10 Å². The van der Waals surface area contributed by atoms with Crippen molar-refractivity contribution >= 4 is 0 Å². The van der Waals surface area contributed by atoms with E-state index in [-0.39, 0.29) is 6.29 Å². The molecule has 1 fully saturated rings. The molecule has 1 aromatic rings. The largest absolute Gasteiger partial charge is 0.465 e. The van der Waals surface area contributed by atoms with E-state index in [1.165, 1.54) is 37.7 Å². The van der Waals surface area contributed by atoms with Gasteiger partial charge in [-0.2, -0.15) is 0 Å². The summed E-state index contributed by atoms with van der Waals surface area (Å²) in [6, 6.07) is 8.30. The van der Waals surface area contributed by atoms with Gasteiger partial charge in [0.15, 0.2) is 6.29 Å². The molecule has 2 aliphatic rings. The van der Waals surface area contributed by atoms with Gasteiger partial charge in [0.1, 0.15) is 5.75 Å². The minimum atomic E-state index is -0.0204. The molecule has 92 valence electrons. The van der Waals surface area contributed by atoms with Crippen molar-refractivity contribution in [3.8, 4) is 5.75 Å². The molecule has 0 aromatic heterocycles. The Balaban J connectivity index is 1.60. The van der Waals surface area contributed by atoms with E-state index in [4.69, 9.17) is 9.47 Å². The van der Waals surface area contributed by atoms with Crippen LogP contribution in [0.15, 0.2) is 24.3 Å². The number of aryl methyl sites for hydroxylation is 1. The van der Waals surface area contributed by atoms with Crippen LogP contribution in [0.5, 0.6) is 5.75 Å². The summed E-state index contributed by atoms with van der Waals surface area (Å²) >= 11 is 0. The Labute approximate surface area is 103 Å². The minimum absolute atomic E-state index is 0.0204. The van der Waals surface area contributed by atoms with Crippen molar-refractivity contribution in [3.63, 3.8) is 0 Å². The average molecular weight is 232 g/mol. The SMILES string of the molecule is c1ccc2c(c1)CCC(OC1CCCCC1)O2. The summed E-state index contributed by atoms with van der Waals surface area (Å²) < 4.78 is 12.0. The van der Waals surface area contributed by atoms with Crippen LogP contribution in [0.25, 0.3) is 0 Å². The van der Waals surface area contributed by atoms with Gasteiger partial charge in [-0.15, -0.1) is 0 Å². The lowest BCUT2D eigenvalue weighted by Crippen LogP contribution is -2.31. The van der Waals surface area contributed by atoms with Crippen LogP contribution in [0, 0.1) is 0 Å². The zero-order valence-corrected chi connectivity index (χ0v) is 10.2. The molecule has 1 saturated carbocycles. The molecular formula is C15H20O2. The average Bonchev–Trinajstić information content (AvgIpc) is 2.40. The predicted octanol–water partition coefficient (Wildman–Crippen LogP) is 3.69. The summed E-state index contributed by atoms with van der Waals surface area (Å²) in [6.45, 7) is 0. The number of fused-ring (bicyclic) bond motifs is 1.